The summed E-state index contributed by atoms with van der Waals surface area (Å²) in [6.45, 7) is 0.229. The first-order valence-electron chi connectivity index (χ1n) is 3.48. The van der Waals surface area contributed by atoms with Crippen LogP contribution in [0.4, 0.5) is 8.78 Å². The molecule has 1 rings (SSSR count). The quantitative estimate of drug-likeness (QED) is 0.504. The Morgan fingerprint density at radius 2 is 2.18 bits per heavy atom. The summed E-state index contributed by atoms with van der Waals surface area (Å²) < 4.78 is 25.4. The van der Waals surface area contributed by atoms with Crippen LogP contribution in [0.1, 0.15) is 19.3 Å². The van der Waals surface area contributed by atoms with E-state index < -0.39 is 11.8 Å². The van der Waals surface area contributed by atoms with E-state index in [-0.39, 0.29) is 25.4 Å². The van der Waals surface area contributed by atoms with E-state index in [4.69, 9.17) is 5.84 Å². The summed E-state index contributed by atoms with van der Waals surface area (Å²) in [6.07, 6.45) is 1.25. The Balaban J connectivity index is 0.000001000. The van der Waals surface area contributed by atoms with Crippen LogP contribution in [0.5, 0.6) is 0 Å². The highest BCUT2D eigenvalue weighted by Crippen LogP contribution is 2.39. The van der Waals surface area contributed by atoms with E-state index >= 15 is 0 Å². The van der Waals surface area contributed by atoms with Gasteiger partial charge in [-0.1, -0.05) is 0 Å². The van der Waals surface area contributed by atoms with E-state index in [2.05, 4.69) is 5.43 Å². The van der Waals surface area contributed by atoms with Crippen LogP contribution in [0.3, 0.4) is 0 Å². The summed E-state index contributed by atoms with van der Waals surface area (Å²) in [5, 5.41) is 0. The summed E-state index contributed by atoms with van der Waals surface area (Å²) in [5.74, 6) is 1.92. The topological polar surface area (TPSA) is 38.0 Å². The lowest BCUT2D eigenvalue weighted by Gasteiger charge is -2.17. The van der Waals surface area contributed by atoms with Gasteiger partial charge in [0.05, 0.1) is 0 Å². The van der Waals surface area contributed by atoms with Gasteiger partial charge in [-0.2, -0.15) is 0 Å². The standard InChI is InChI=1S/C6H12F2N2.ClH/c7-6(8)3-1-2-5(6)4-10-9;/h5,10H,1-4,9H2;1H. The molecule has 1 fully saturated rings. The van der Waals surface area contributed by atoms with Crippen molar-refractivity contribution >= 4 is 12.4 Å². The van der Waals surface area contributed by atoms with Crippen molar-refractivity contribution in [3.63, 3.8) is 0 Å². The third-order valence-electron chi connectivity index (χ3n) is 2.02. The molecule has 3 N–H and O–H groups in total. The summed E-state index contributed by atoms with van der Waals surface area (Å²) in [4.78, 5) is 0. The van der Waals surface area contributed by atoms with Gasteiger partial charge < -0.3 is 0 Å². The zero-order chi connectivity index (χ0) is 7.61. The highest BCUT2D eigenvalue weighted by molar-refractivity contribution is 5.85. The van der Waals surface area contributed by atoms with Gasteiger partial charge in [0, 0.05) is 18.9 Å². The van der Waals surface area contributed by atoms with Crippen molar-refractivity contribution in [2.24, 2.45) is 11.8 Å². The van der Waals surface area contributed by atoms with Crippen molar-refractivity contribution in [3.05, 3.63) is 0 Å². The molecule has 1 aliphatic carbocycles. The number of nitrogens with one attached hydrogen (secondary N) is 1. The number of halogens is 3. The Bertz CT molecular complexity index is 121. The first-order chi connectivity index (χ1) is 4.67. The van der Waals surface area contributed by atoms with E-state index in [1.807, 2.05) is 0 Å². The van der Waals surface area contributed by atoms with E-state index in [1.165, 1.54) is 0 Å². The van der Waals surface area contributed by atoms with Gasteiger partial charge in [-0.15, -0.1) is 12.4 Å². The molecule has 0 spiro atoms. The Morgan fingerprint density at radius 1 is 1.55 bits per heavy atom. The predicted molar refractivity (Wildman–Crippen MR) is 41.7 cm³/mol. The number of nitrogens with two attached hydrogens (primary N) is 1. The fourth-order valence-electron chi connectivity index (χ4n) is 1.39. The molecule has 1 unspecified atom stereocenters. The maximum atomic E-state index is 12.7. The minimum absolute atomic E-state index is 0. The van der Waals surface area contributed by atoms with E-state index in [9.17, 15) is 8.78 Å². The van der Waals surface area contributed by atoms with Crippen molar-refractivity contribution in [1.82, 2.24) is 5.43 Å². The third kappa shape index (κ3) is 2.54. The van der Waals surface area contributed by atoms with Crippen molar-refractivity contribution in [1.29, 1.82) is 0 Å². The molecule has 68 valence electrons. The summed E-state index contributed by atoms with van der Waals surface area (Å²) >= 11 is 0. The lowest BCUT2D eigenvalue weighted by Crippen LogP contribution is -2.35. The second kappa shape index (κ2) is 4.18. The van der Waals surface area contributed by atoms with Gasteiger partial charge in [-0.25, -0.2) is 8.78 Å². The Labute approximate surface area is 70.9 Å². The molecule has 0 radical (unpaired) electrons. The van der Waals surface area contributed by atoms with E-state index in [1.54, 1.807) is 0 Å². The molecule has 0 heterocycles. The molecule has 0 amide bonds. The van der Waals surface area contributed by atoms with Crippen molar-refractivity contribution in [3.8, 4) is 0 Å². The fraction of sp³-hybridized carbons (Fsp3) is 1.00. The summed E-state index contributed by atoms with van der Waals surface area (Å²) in [7, 11) is 0. The second-order valence-electron chi connectivity index (χ2n) is 2.76. The monoisotopic (exact) mass is 186 g/mol. The molecular formula is C6H13ClF2N2. The van der Waals surface area contributed by atoms with Gasteiger partial charge in [-0.05, 0) is 12.8 Å². The number of hydrogen-bond acceptors (Lipinski definition) is 2. The highest BCUT2D eigenvalue weighted by atomic mass is 35.5. The lowest BCUT2D eigenvalue weighted by molar-refractivity contribution is -0.0358. The van der Waals surface area contributed by atoms with Crippen molar-refractivity contribution < 1.29 is 8.78 Å². The minimum Gasteiger partial charge on any atom is -0.271 e. The molecule has 0 aliphatic heterocycles. The third-order valence-corrected chi connectivity index (χ3v) is 2.02. The largest absolute Gasteiger partial charge is 0.271 e. The number of rotatable bonds is 2. The molecule has 0 aromatic carbocycles. The van der Waals surface area contributed by atoms with Crippen LogP contribution >= 0.6 is 12.4 Å². The van der Waals surface area contributed by atoms with Gasteiger partial charge in [-0.3, -0.25) is 11.3 Å². The Morgan fingerprint density at radius 3 is 2.55 bits per heavy atom. The molecular weight excluding hydrogens is 174 g/mol. The van der Waals surface area contributed by atoms with Crippen LogP contribution in [-0.4, -0.2) is 12.5 Å². The average Bonchev–Trinajstić information content (AvgIpc) is 2.13. The van der Waals surface area contributed by atoms with Crippen LogP contribution in [0.2, 0.25) is 0 Å². The normalized spacial score (nSPS) is 28.1. The first-order valence-corrected chi connectivity index (χ1v) is 3.48. The molecule has 0 bridgehead atoms. The van der Waals surface area contributed by atoms with Gasteiger partial charge in [0.25, 0.3) is 5.92 Å². The Kier molecular flexibility index (Phi) is 4.21. The van der Waals surface area contributed by atoms with Crippen LogP contribution in [0, 0.1) is 5.92 Å². The maximum Gasteiger partial charge on any atom is 0.252 e. The van der Waals surface area contributed by atoms with Gasteiger partial charge in [0.15, 0.2) is 0 Å². The maximum absolute atomic E-state index is 12.7. The number of alkyl halides is 2. The Hall–Kier alpha value is 0.0700. The molecule has 0 saturated heterocycles. The predicted octanol–water partition coefficient (Wildman–Crippen LogP) is 1.31. The van der Waals surface area contributed by atoms with E-state index in [0.29, 0.717) is 12.8 Å². The fourth-order valence-corrected chi connectivity index (χ4v) is 1.39. The molecule has 1 aliphatic rings. The minimum atomic E-state index is -2.48. The van der Waals surface area contributed by atoms with Crippen LogP contribution in [-0.2, 0) is 0 Å². The van der Waals surface area contributed by atoms with E-state index in [0.717, 1.165) is 0 Å². The molecule has 5 heteroatoms. The zero-order valence-electron chi connectivity index (χ0n) is 6.15. The first kappa shape index (κ1) is 11.1. The van der Waals surface area contributed by atoms with Crippen molar-refractivity contribution in [2.45, 2.75) is 25.2 Å². The molecule has 11 heavy (non-hydrogen) atoms. The van der Waals surface area contributed by atoms with Crippen LogP contribution < -0.4 is 11.3 Å². The van der Waals surface area contributed by atoms with Crippen LogP contribution in [0.25, 0.3) is 0 Å². The van der Waals surface area contributed by atoms with Crippen LogP contribution in [0.15, 0.2) is 0 Å². The second-order valence-corrected chi connectivity index (χ2v) is 2.76. The highest BCUT2D eigenvalue weighted by Gasteiger charge is 2.42. The SMILES string of the molecule is Cl.NNCC1CCCC1(F)F. The van der Waals surface area contributed by atoms with Gasteiger partial charge in [0.2, 0.25) is 0 Å². The summed E-state index contributed by atoms with van der Waals surface area (Å²) in [6, 6.07) is 0. The summed E-state index contributed by atoms with van der Waals surface area (Å²) in [5.41, 5.74) is 2.29. The van der Waals surface area contributed by atoms with Gasteiger partial charge >= 0.3 is 0 Å². The number of hydrogen-bond donors (Lipinski definition) is 2. The zero-order valence-corrected chi connectivity index (χ0v) is 6.96. The molecule has 0 aromatic heterocycles. The lowest BCUT2D eigenvalue weighted by atomic mass is 10.1. The van der Waals surface area contributed by atoms with Crippen molar-refractivity contribution in [2.75, 3.05) is 6.54 Å². The molecule has 1 atom stereocenters. The molecule has 2 nitrogen and oxygen atoms in total. The molecule has 1 saturated carbocycles. The molecule has 0 aromatic rings. The average molecular weight is 187 g/mol. The van der Waals surface area contributed by atoms with Gasteiger partial charge in [0.1, 0.15) is 0 Å². The smallest absolute Gasteiger partial charge is 0.252 e. The number of hydrazine groups is 1.